The van der Waals surface area contributed by atoms with Gasteiger partial charge in [0.2, 0.25) is 0 Å². The SMILES string of the molecule is C[Si](C)(c1cccc2c1Cc1c-2n(-c2ccccc2)c2ccccc12)C1c2ccccc2-c2c1c1ccccc1n2-c1ccccc1. The number of nitrogens with zero attached hydrogens (tertiary/aromatic N) is 2. The molecule has 1 atom stereocenters. The first-order valence-electron chi connectivity index (χ1n) is 16.7. The van der Waals surface area contributed by atoms with Gasteiger partial charge in [-0.15, -0.1) is 0 Å². The van der Waals surface area contributed by atoms with E-state index >= 15 is 0 Å². The summed E-state index contributed by atoms with van der Waals surface area (Å²) in [5.41, 5.74) is 16.9. The molecule has 2 aliphatic carbocycles. The lowest BCUT2D eigenvalue weighted by molar-refractivity contribution is 1.12. The van der Waals surface area contributed by atoms with E-state index in [1.54, 1.807) is 5.19 Å². The molecular formula is C44H34N2Si. The molecule has 1 unspecified atom stereocenters. The van der Waals surface area contributed by atoms with Gasteiger partial charge >= 0.3 is 0 Å². The molecule has 2 aliphatic rings. The van der Waals surface area contributed by atoms with Crippen molar-refractivity contribution in [2.45, 2.75) is 25.1 Å². The fourth-order valence-corrected chi connectivity index (χ4v) is 13.0. The normalized spacial score (nSPS) is 14.7. The van der Waals surface area contributed by atoms with Crippen molar-refractivity contribution in [3.63, 3.8) is 0 Å². The molecule has 2 heterocycles. The van der Waals surface area contributed by atoms with Crippen LogP contribution < -0.4 is 5.19 Å². The van der Waals surface area contributed by atoms with E-state index in [1.807, 2.05) is 0 Å². The lowest BCUT2D eigenvalue weighted by Crippen LogP contribution is -2.49. The Hall–Kier alpha value is -5.38. The number of hydrogen-bond donors (Lipinski definition) is 0. The standard InChI is InChI=1S/C44H34N2Si/c1-47(2,40-27-15-24-33-36(40)28-37-31-20-11-13-25-38(31)45(42(33)37)29-16-5-3-6-17-29)44-34-22-10-9-21-32(34)43-41(44)35-23-12-14-26-39(35)46(43)30-18-7-4-8-19-30/h3-27,44H,28H2,1-2H3. The maximum atomic E-state index is 2.63. The molecule has 0 spiro atoms. The van der Waals surface area contributed by atoms with Gasteiger partial charge in [0.15, 0.2) is 0 Å². The van der Waals surface area contributed by atoms with Crippen LogP contribution in [0.1, 0.15) is 27.8 Å². The Bertz CT molecular complexity index is 2520. The zero-order valence-electron chi connectivity index (χ0n) is 26.6. The highest BCUT2D eigenvalue weighted by molar-refractivity contribution is 6.92. The summed E-state index contributed by atoms with van der Waals surface area (Å²) in [5, 5.41) is 4.33. The molecule has 3 heteroatoms. The second-order valence-corrected chi connectivity index (χ2v) is 18.3. The van der Waals surface area contributed by atoms with Gasteiger partial charge in [0.25, 0.3) is 0 Å². The molecule has 10 rings (SSSR count). The number of rotatable bonds is 4. The van der Waals surface area contributed by atoms with Gasteiger partial charge in [-0.05, 0) is 58.7 Å². The quantitative estimate of drug-likeness (QED) is 0.174. The highest BCUT2D eigenvalue weighted by Gasteiger charge is 2.46. The van der Waals surface area contributed by atoms with Crippen molar-refractivity contribution in [1.29, 1.82) is 0 Å². The van der Waals surface area contributed by atoms with E-state index in [-0.39, 0.29) is 0 Å². The van der Waals surface area contributed by atoms with Gasteiger partial charge in [0.1, 0.15) is 0 Å². The van der Waals surface area contributed by atoms with E-state index in [9.17, 15) is 0 Å². The zero-order valence-corrected chi connectivity index (χ0v) is 27.6. The largest absolute Gasteiger partial charge is 0.309 e. The maximum absolute atomic E-state index is 2.63. The zero-order chi connectivity index (χ0) is 31.3. The van der Waals surface area contributed by atoms with Crippen LogP contribution in [0.15, 0.2) is 152 Å². The summed E-state index contributed by atoms with van der Waals surface area (Å²) < 4.78 is 5.03. The second-order valence-electron chi connectivity index (χ2n) is 13.7. The fraction of sp³-hybridized carbons (Fsp3) is 0.0909. The number of benzene rings is 6. The molecule has 0 aliphatic heterocycles. The Morgan fingerprint density at radius 1 is 0.489 bits per heavy atom. The van der Waals surface area contributed by atoms with Gasteiger partial charge < -0.3 is 9.13 Å². The van der Waals surface area contributed by atoms with Crippen LogP contribution in [-0.2, 0) is 6.42 Å². The molecule has 8 aromatic rings. The van der Waals surface area contributed by atoms with Crippen LogP contribution in [-0.4, -0.2) is 17.2 Å². The molecule has 0 N–H and O–H groups in total. The molecular weight excluding hydrogens is 585 g/mol. The average Bonchev–Trinajstić information content (AvgIpc) is 3.85. The van der Waals surface area contributed by atoms with Crippen LogP contribution in [0.25, 0.3) is 55.7 Å². The molecule has 224 valence electrons. The van der Waals surface area contributed by atoms with E-state index in [0.29, 0.717) is 5.54 Å². The molecule has 0 fully saturated rings. The number of fused-ring (bicyclic) bond motifs is 10. The van der Waals surface area contributed by atoms with Crippen molar-refractivity contribution in [2.75, 3.05) is 0 Å². The van der Waals surface area contributed by atoms with Crippen molar-refractivity contribution in [2.24, 2.45) is 0 Å². The first-order valence-corrected chi connectivity index (χ1v) is 19.8. The molecule has 47 heavy (non-hydrogen) atoms. The molecule has 2 nitrogen and oxygen atoms in total. The lowest BCUT2D eigenvalue weighted by Gasteiger charge is -2.33. The van der Waals surface area contributed by atoms with E-state index in [1.165, 1.54) is 77.9 Å². The Morgan fingerprint density at radius 2 is 1.04 bits per heavy atom. The third-order valence-electron chi connectivity index (χ3n) is 10.9. The fourth-order valence-electron chi connectivity index (χ4n) is 9.09. The monoisotopic (exact) mass is 618 g/mol. The number of hydrogen-bond acceptors (Lipinski definition) is 0. The summed E-state index contributed by atoms with van der Waals surface area (Å²) in [6, 6.07) is 56.3. The van der Waals surface area contributed by atoms with E-state index < -0.39 is 8.07 Å². The van der Waals surface area contributed by atoms with Gasteiger partial charge in [-0.1, -0.05) is 134 Å². The van der Waals surface area contributed by atoms with Crippen LogP contribution >= 0.6 is 0 Å². The average molecular weight is 619 g/mol. The molecule has 0 saturated heterocycles. The lowest BCUT2D eigenvalue weighted by atomic mass is 10.1. The van der Waals surface area contributed by atoms with Crippen molar-refractivity contribution in [3.05, 3.63) is 174 Å². The van der Waals surface area contributed by atoms with Gasteiger partial charge in [-0.3, -0.25) is 0 Å². The Kier molecular flexibility index (Phi) is 5.59. The molecule has 0 saturated carbocycles. The van der Waals surface area contributed by atoms with Crippen molar-refractivity contribution < 1.29 is 0 Å². The summed E-state index contributed by atoms with van der Waals surface area (Å²) in [6.45, 7) is 5.25. The van der Waals surface area contributed by atoms with Gasteiger partial charge in [0.05, 0.1) is 30.5 Å². The number of para-hydroxylation sites is 4. The van der Waals surface area contributed by atoms with E-state index in [2.05, 4.69) is 174 Å². The van der Waals surface area contributed by atoms with E-state index in [0.717, 1.165) is 6.42 Å². The van der Waals surface area contributed by atoms with Crippen molar-refractivity contribution >= 4 is 35.1 Å². The minimum Gasteiger partial charge on any atom is -0.309 e. The van der Waals surface area contributed by atoms with Crippen LogP contribution in [0.5, 0.6) is 0 Å². The molecule has 0 bridgehead atoms. The van der Waals surface area contributed by atoms with Crippen LogP contribution in [0.3, 0.4) is 0 Å². The first-order chi connectivity index (χ1) is 23.1. The first kappa shape index (κ1) is 26.8. The van der Waals surface area contributed by atoms with Crippen molar-refractivity contribution in [3.8, 4) is 33.9 Å². The summed E-state index contributed by atoms with van der Waals surface area (Å²) in [7, 11) is -2.21. The second kappa shape index (κ2) is 9.81. The van der Waals surface area contributed by atoms with Crippen LogP contribution in [0.2, 0.25) is 13.1 Å². The molecule has 6 aromatic carbocycles. The summed E-state index contributed by atoms with van der Waals surface area (Å²) in [6.07, 6.45) is 0.977. The van der Waals surface area contributed by atoms with Gasteiger partial charge in [0, 0.05) is 45.2 Å². The highest BCUT2D eigenvalue weighted by Crippen LogP contribution is 2.54. The smallest absolute Gasteiger partial charge is 0.0932 e. The van der Waals surface area contributed by atoms with Crippen molar-refractivity contribution in [1.82, 2.24) is 9.13 Å². The third kappa shape index (κ3) is 3.61. The predicted molar refractivity (Wildman–Crippen MR) is 199 cm³/mol. The van der Waals surface area contributed by atoms with Crippen LogP contribution in [0.4, 0.5) is 0 Å². The Labute approximate surface area is 276 Å². The third-order valence-corrected chi connectivity index (χ3v) is 14.8. The minimum absolute atomic E-state index is 0.336. The maximum Gasteiger partial charge on any atom is 0.0932 e. The molecule has 2 aromatic heterocycles. The van der Waals surface area contributed by atoms with Crippen LogP contribution in [0, 0.1) is 0 Å². The highest BCUT2D eigenvalue weighted by atomic mass is 28.3. The number of aromatic nitrogens is 2. The molecule has 0 amide bonds. The summed E-state index contributed by atoms with van der Waals surface area (Å²) >= 11 is 0. The summed E-state index contributed by atoms with van der Waals surface area (Å²) in [4.78, 5) is 0. The Balaban J connectivity index is 1.22. The predicted octanol–water partition coefficient (Wildman–Crippen LogP) is 10.4. The minimum atomic E-state index is -2.21. The van der Waals surface area contributed by atoms with Gasteiger partial charge in [-0.2, -0.15) is 0 Å². The topological polar surface area (TPSA) is 9.86 Å². The van der Waals surface area contributed by atoms with Gasteiger partial charge in [-0.25, -0.2) is 0 Å². The Morgan fingerprint density at radius 3 is 1.77 bits per heavy atom. The summed E-state index contributed by atoms with van der Waals surface area (Å²) in [5.74, 6) is 0. The van der Waals surface area contributed by atoms with E-state index in [4.69, 9.17) is 0 Å². The molecule has 0 radical (unpaired) electrons.